The zero-order valence-corrected chi connectivity index (χ0v) is 8.46. The summed E-state index contributed by atoms with van der Waals surface area (Å²) in [4.78, 5) is 11.3. The van der Waals surface area contributed by atoms with Gasteiger partial charge in [0.25, 0.3) is 0 Å². The Morgan fingerprint density at radius 3 is 2.50 bits per heavy atom. The first-order valence-electron chi connectivity index (χ1n) is 4.12. The first kappa shape index (κ1) is 10.4. The van der Waals surface area contributed by atoms with Crippen molar-refractivity contribution in [2.45, 2.75) is 6.92 Å². The van der Waals surface area contributed by atoms with Crippen LogP contribution in [0.3, 0.4) is 0 Å². The van der Waals surface area contributed by atoms with Crippen molar-refractivity contribution in [1.82, 2.24) is 0 Å². The van der Waals surface area contributed by atoms with Gasteiger partial charge in [-0.2, -0.15) is 0 Å². The fourth-order valence-corrected chi connectivity index (χ4v) is 1.21. The quantitative estimate of drug-likeness (QED) is 0.572. The zero-order chi connectivity index (χ0) is 10.7. The second-order valence-electron chi connectivity index (χ2n) is 2.92. The molecule has 1 aromatic carbocycles. The minimum absolute atomic E-state index is 0.310. The molecule has 4 nitrogen and oxygen atoms in total. The molecular formula is C10H13NO3. The van der Waals surface area contributed by atoms with Gasteiger partial charge in [0.2, 0.25) is 0 Å². The number of ether oxygens (including phenoxy) is 2. The van der Waals surface area contributed by atoms with Crippen LogP contribution in [-0.2, 0) is 4.74 Å². The molecular weight excluding hydrogens is 182 g/mol. The predicted octanol–water partition coefficient (Wildman–Crippen LogP) is 1.37. The number of hydrogen-bond donors (Lipinski definition) is 1. The molecule has 1 aromatic rings. The third kappa shape index (κ3) is 1.79. The van der Waals surface area contributed by atoms with Gasteiger partial charge in [-0.25, -0.2) is 4.79 Å². The lowest BCUT2D eigenvalue weighted by molar-refractivity contribution is 0.0601. The minimum atomic E-state index is -0.454. The second kappa shape index (κ2) is 4.00. The van der Waals surface area contributed by atoms with Crippen molar-refractivity contribution in [2.75, 3.05) is 20.0 Å². The van der Waals surface area contributed by atoms with E-state index in [0.717, 1.165) is 5.56 Å². The SMILES string of the molecule is COC(=O)c1cc(C)cc(OC)c1N. The van der Waals surface area contributed by atoms with Crippen LogP contribution in [0.1, 0.15) is 15.9 Å². The van der Waals surface area contributed by atoms with E-state index >= 15 is 0 Å². The topological polar surface area (TPSA) is 61.5 Å². The molecule has 0 heterocycles. The third-order valence-corrected chi connectivity index (χ3v) is 1.91. The van der Waals surface area contributed by atoms with E-state index < -0.39 is 5.97 Å². The lowest BCUT2D eigenvalue weighted by Gasteiger charge is -2.09. The Bertz CT molecular complexity index is 361. The van der Waals surface area contributed by atoms with E-state index in [2.05, 4.69) is 4.74 Å². The molecule has 1 rings (SSSR count). The van der Waals surface area contributed by atoms with Gasteiger partial charge in [0.05, 0.1) is 25.5 Å². The summed E-state index contributed by atoms with van der Waals surface area (Å²) in [7, 11) is 2.82. The van der Waals surface area contributed by atoms with Crippen LogP contribution in [0.25, 0.3) is 0 Å². The van der Waals surface area contributed by atoms with Crippen molar-refractivity contribution in [3.8, 4) is 5.75 Å². The standard InChI is InChI=1S/C10H13NO3/c1-6-4-7(10(12)14-3)9(11)8(5-6)13-2/h4-5H,11H2,1-3H3. The van der Waals surface area contributed by atoms with Crippen molar-refractivity contribution in [3.63, 3.8) is 0 Å². The molecule has 2 N–H and O–H groups in total. The number of carbonyl (C=O) groups excluding carboxylic acids is 1. The molecule has 14 heavy (non-hydrogen) atoms. The molecule has 0 spiro atoms. The van der Waals surface area contributed by atoms with Crippen LogP contribution < -0.4 is 10.5 Å². The van der Waals surface area contributed by atoms with Gasteiger partial charge < -0.3 is 15.2 Å². The van der Waals surface area contributed by atoms with Gasteiger partial charge in [-0.15, -0.1) is 0 Å². The molecule has 0 saturated heterocycles. The summed E-state index contributed by atoms with van der Waals surface area (Å²) in [6, 6.07) is 3.44. The molecule has 0 amide bonds. The Labute approximate surface area is 82.6 Å². The molecule has 0 aliphatic rings. The number of nitrogen functional groups attached to an aromatic ring is 1. The van der Waals surface area contributed by atoms with Crippen LogP contribution in [-0.4, -0.2) is 20.2 Å². The van der Waals surface area contributed by atoms with E-state index in [4.69, 9.17) is 10.5 Å². The maximum absolute atomic E-state index is 11.3. The number of methoxy groups -OCH3 is 2. The Kier molecular flexibility index (Phi) is 2.96. The van der Waals surface area contributed by atoms with Gasteiger partial charge in [0.15, 0.2) is 0 Å². The van der Waals surface area contributed by atoms with Crippen molar-refractivity contribution < 1.29 is 14.3 Å². The fraction of sp³-hybridized carbons (Fsp3) is 0.300. The van der Waals surface area contributed by atoms with Gasteiger partial charge in [-0.1, -0.05) is 0 Å². The molecule has 0 radical (unpaired) electrons. The molecule has 0 atom stereocenters. The summed E-state index contributed by atoms with van der Waals surface area (Å²) in [6.45, 7) is 1.86. The summed E-state index contributed by atoms with van der Waals surface area (Å²) in [6.07, 6.45) is 0. The number of hydrogen-bond acceptors (Lipinski definition) is 4. The van der Waals surface area contributed by atoms with Gasteiger partial charge in [0, 0.05) is 0 Å². The highest BCUT2D eigenvalue weighted by Gasteiger charge is 2.14. The van der Waals surface area contributed by atoms with Gasteiger partial charge >= 0.3 is 5.97 Å². The summed E-state index contributed by atoms with van der Waals surface area (Å²) < 4.78 is 9.63. The Morgan fingerprint density at radius 1 is 1.36 bits per heavy atom. The number of esters is 1. The van der Waals surface area contributed by atoms with E-state index in [1.165, 1.54) is 14.2 Å². The molecule has 0 aromatic heterocycles. The summed E-state index contributed by atoms with van der Waals surface area (Å²) in [5, 5.41) is 0. The van der Waals surface area contributed by atoms with E-state index in [1.54, 1.807) is 12.1 Å². The summed E-state index contributed by atoms with van der Waals surface area (Å²) >= 11 is 0. The number of nitrogens with two attached hydrogens (primary N) is 1. The Morgan fingerprint density at radius 2 is 2.00 bits per heavy atom. The van der Waals surface area contributed by atoms with Crippen LogP contribution in [0, 0.1) is 6.92 Å². The first-order chi connectivity index (χ1) is 6.60. The molecule has 4 heteroatoms. The summed E-state index contributed by atoms with van der Waals surface area (Å²) in [5.74, 6) is 0.0369. The highest BCUT2D eigenvalue weighted by molar-refractivity contribution is 5.96. The lowest BCUT2D eigenvalue weighted by Crippen LogP contribution is -2.07. The lowest BCUT2D eigenvalue weighted by atomic mass is 10.1. The summed E-state index contributed by atoms with van der Waals surface area (Å²) in [5.41, 5.74) is 7.26. The maximum atomic E-state index is 11.3. The van der Waals surface area contributed by atoms with Crippen molar-refractivity contribution in [2.24, 2.45) is 0 Å². The van der Waals surface area contributed by atoms with Crippen LogP contribution in [0.2, 0.25) is 0 Å². The largest absolute Gasteiger partial charge is 0.495 e. The van der Waals surface area contributed by atoms with Crippen molar-refractivity contribution in [3.05, 3.63) is 23.3 Å². The monoisotopic (exact) mass is 195 g/mol. The maximum Gasteiger partial charge on any atom is 0.340 e. The number of rotatable bonds is 2. The molecule has 0 unspecified atom stereocenters. The molecule has 0 fully saturated rings. The Balaban J connectivity index is 3.29. The molecule has 0 aliphatic carbocycles. The average molecular weight is 195 g/mol. The van der Waals surface area contributed by atoms with Gasteiger partial charge in [-0.3, -0.25) is 0 Å². The van der Waals surface area contributed by atoms with Crippen LogP contribution in [0.15, 0.2) is 12.1 Å². The van der Waals surface area contributed by atoms with Crippen LogP contribution in [0.4, 0.5) is 5.69 Å². The highest BCUT2D eigenvalue weighted by Crippen LogP contribution is 2.27. The van der Waals surface area contributed by atoms with E-state index in [9.17, 15) is 4.79 Å². The van der Waals surface area contributed by atoms with E-state index in [0.29, 0.717) is 17.0 Å². The van der Waals surface area contributed by atoms with E-state index in [-0.39, 0.29) is 0 Å². The number of aryl methyl sites for hydroxylation is 1. The van der Waals surface area contributed by atoms with Gasteiger partial charge in [0.1, 0.15) is 5.75 Å². The molecule has 0 saturated carbocycles. The van der Waals surface area contributed by atoms with Crippen molar-refractivity contribution >= 4 is 11.7 Å². The number of benzene rings is 1. The number of anilines is 1. The zero-order valence-electron chi connectivity index (χ0n) is 8.46. The Hall–Kier alpha value is -1.71. The second-order valence-corrected chi connectivity index (χ2v) is 2.92. The first-order valence-corrected chi connectivity index (χ1v) is 4.12. The van der Waals surface area contributed by atoms with Gasteiger partial charge in [-0.05, 0) is 24.6 Å². The van der Waals surface area contributed by atoms with Crippen molar-refractivity contribution in [1.29, 1.82) is 0 Å². The third-order valence-electron chi connectivity index (χ3n) is 1.91. The average Bonchev–Trinajstić information content (AvgIpc) is 2.19. The minimum Gasteiger partial charge on any atom is -0.495 e. The predicted molar refractivity (Wildman–Crippen MR) is 53.5 cm³/mol. The molecule has 0 bridgehead atoms. The smallest absolute Gasteiger partial charge is 0.340 e. The molecule has 0 aliphatic heterocycles. The normalized spacial score (nSPS) is 9.64. The number of carbonyl (C=O) groups is 1. The molecule has 76 valence electrons. The van der Waals surface area contributed by atoms with Crippen LogP contribution in [0.5, 0.6) is 5.75 Å². The fourth-order valence-electron chi connectivity index (χ4n) is 1.21. The van der Waals surface area contributed by atoms with E-state index in [1.807, 2.05) is 6.92 Å². The highest BCUT2D eigenvalue weighted by atomic mass is 16.5. The van der Waals surface area contributed by atoms with Crippen LogP contribution >= 0.6 is 0 Å².